The van der Waals surface area contributed by atoms with Gasteiger partial charge in [0.2, 0.25) is 5.91 Å². The fraction of sp³-hybridized carbons (Fsp3) is 0.750. The molecule has 0 aliphatic carbocycles. The Kier molecular flexibility index (Phi) is 8.61. The van der Waals surface area contributed by atoms with Crippen LogP contribution in [0.3, 0.4) is 0 Å². The van der Waals surface area contributed by atoms with E-state index in [9.17, 15) is 14.4 Å². The summed E-state index contributed by atoms with van der Waals surface area (Å²) in [7, 11) is 0. The molecule has 0 unspecified atom stereocenters. The summed E-state index contributed by atoms with van der Waals surface area (Å²) in [6.07, 6.45) is 2.76. The minimum atomic E-state index is -0.873. The summed E-state index contributed by atoms with van der Waals surface area (Å²) >= 11 is 0. The van der Waals surface area contributed by atoms with Crippen LogP contribution in [0.5, 0.6) is 0 Å². The molecule has 6 nitrogen and oxygen atoms in total. The van der Waals surface area contributed by atoms with Crippen molar-refractivity contribution in [1.29, 1.82) is 0 Å². The molecule has 6 heteroatoms. The van der Waals surface area contributed by atoms with Gasteiger partial charge in [0, 0.05) is 18.9 Å². The zero-order valence-corrected chi connectivity index (χ0v) is 11.0. The number of carboxylic acid groups (broad SMARTS) is 1. The fourth-order valence-corrected chi connectivity index (χ4v) is 1.47. The maximum Gasteiger partial charge on any atom is 0.321 e. The van der Waals surface area contributed by atoms with E-state index in [1.54, 1.807) is 0 Å². The molecule has 104 valence electrons. The Labute approximate surface area is 107 Å². The second kappa shape index (κ2) is 9.44. The Bertz CT molecular complexity index is 288. The Balaban J connectivity index is 3.73. The largest absolute Gasteiger partial charge is 0.481 e. The van der Waals surface area contributed by atoms with Gasteiger partial charge in [0.15, 0.2) is 0 Å². The van der Waals surface area contributed by atoms with E-state index >= 15 is 0 Å². The van der Waals surface area contributed by atoms with E-state index in [1.807, 2.05) is 13.8 Å². The number of carbonyl (C=O) groups excluding carboxylic acids is 2. The van der Waals surface area contributed by atoms with Gasteiger partial charge in [-0.15, -0.1) is 0 Å². The smallest absolute Gasteiger partial charge is 0.321 e. The average molecular weight is 258 g/mol. The summed E-state index contributed by atoms with van der Waals surface area (Å²) in [6.45, 7) is 3.92. The van der Waals surface area contributed by atoms with Crippen LogP contribution in [0.1, 0.15) is 52.4 Å². The molecule has 0 aromatic heterocycles. The Morgan fingerprint density at radius 2 is 1.61 bits per heavy atom. The molecule has 0 aromatic carbocycles. The highest BCUT2D eigenvalue weighted by Gasteiger charge is 2.11. The Morgan fingerprint density at radius 1 is 1.06 bits per heavy atom. The summed E-state index contributed by atoms with van der Waals surface area (Å²) in [6, 6.07) is -0.406. The summed E-state index contributed by atoms with van der Waals surface area (Å²) in [4.78, 5) is 33.0. The van der Waals surface area contributed by atoms with Crippen molar-refractivity contribution in [1.82, 2.24) is 10.6 Å². The van der Waals surface area contributed by atoms with Gasteiger partial charge in [-0.25, -0.2) is 4.79 Å². The molecule has 0 fully saturated rings. The second-order valence-electron chi connectivity index (χ2n) is 4.14. The van der Waals surface area contributed by atoms with Gasteiger partial charge in [0.25, 0.3) is 0 Å². The second-order valence-corrected chi connectivity index (χ2v) is 4.14. The quantitative estimate of drug-likeness (QED) is 0.577. The summed E-state index contributed by atoms with van der Waals surface area (Å²) in [5, 5.41) is 13.3. The number of aliphatic carboxylic acids is 1. The van der Waals surface area contributed by atoms with Crippen LogP contribution in [0.25, 0.3) is 0 Å². The van der Waals surface area contributed by atoms with Gasteiger partial charge in [-0.1, -0.05) is 13.8 Å². The topological polar surface area (TPSA) is 95.5 Å². The van der Waals surface area contributed by atoms with Gasteiger partial charge in [0.1, 0.15) is 0 Å². The standard InChI is InChI=1S/C12H22N2O4/c1-3-9(4-2)13-12(18)14-10(15)7-5-6-8-11(16)17/h9H,3-8H2,1-2H3,(H,16,17)(H2,13,14,15,18). The first kappa shape index (κ1) is 16.4. The molecule has 0 atom stereocenters. The SMILES string of the molecule is CCC(CC)NC(=O)NC(=O)CCCCC(=O)O. The number of unbranched alkanes of at least 4 members (excludes halogenated alkanes) is 1. The third kappa shape index (κ3) is 8.55. The van der Waals surface area contributed by atoms with Gasteiger partial charge < -0.3 is 10.4 Å². The van der Waals surface area contributed by atoms with Crippen LogP contribution in [0.4, 0.5) is 4.79 Å². The Hall–Kier alpha value is -1.59. The van der Waals surface area contributed by atoms with Crippen molar-refractivity contribution in [3.8, 4) is 0 Å². The number of hydrogen-bond donors (Lipinski definition) is 3. The first-order chi connectivity index (χ1) is 8.49. The Morgan fingerprint density at radius 3 is 2.11 bits per heavy atom. The highest BCUT2D eigenvalue weighted by atomic mass is 16.4. The molecule has 0 spiro atoms. The monoisotopic (exact) mass is 258 g/mol. The van der Waals surface area contributed by atoms with E-state index in [-0.39, 0.29) is 24.8 Å². The minimum Gasteiger partial charge on any atom is -0.481 e. The number of urea groups is 1. The lowest BCUT2D eigenvalue weighted by Crippen LogP contribution is -2.44. The number of rotatable bonds is 8. The van der Waals surface area contributed by atoms with Gasteiger partial charge in [-0.2, -0.15) is 0 Å². The molecular formula is C12H22N2O4. The van der Waals surface area contributed by atoms with Crippen LogP contribution in [0, 0.1) is 0 Å². The number of carbonyl (C=O) groups is 3. The average Bonchev–Trinajstić information content (AvgIpc) is 2.31. The molecule has 0 saturated carbocycles. The van der Waals surface area contributed by atoms with Crippen LogP contribution < -0.4 is 10.6 Å². The zero-order chi connectivity index (χ0) is 14.0. The molecule has 0 bridgehead atoms. The van der Waals surface area contributed by atoms with Crippen molar-refractivity contribution >= 4 is 17.9 Å². The summed E-state index contributed by atoms with van der Waals surface area (Å²) in [5.74, 6) is -1.24. The van der Waals surface area contributed by atoms with Crippen LogP contribution in [0.2, 0.25) is 0 Å². The molecule has 0 radical (unpaired) electrons. The molecule has 0 aliphatic heterocycles. The van der Waals surface area contributed by atoms with Crippen LogP contribution in [-0.2, 0) is 9.59 Å². The first-order valence-corrected chi connectivity index (χ1v) is 6.31. The molecule has 3 N–H and O–H groups in total. The van der Waals surface area contributed by atoms with E-state index in [0.29, 0.717) is 12.8 Å². The molecular weight excluding hydrogens is 236 g/mol. The molecule has 3 amide bonds. The predicted octanol–water partition coefficient (Wildman–Crippen LogP) is 1.65. The first-order valence-electron chi connectivity index (χ1n) is 6.31. The normalized spacial score (nSPS) is 10.2. The zero-order valence-electron chi connectivity index (χ0n) is 11.0. The van der Waals surface area contributed by atoms with Crippen molar-refractivity contribution in [2.24, 2.45) is 0 Å². The summed E-state index contributed by atoms with van der Waals surface area (Å²) < 4.78 is 0. The van der Waals surface area contributed by atoms with E-state index in [4.69, 9.17) is 5.11 Å². The van der Waals surface area contributed by atoms with Gasteiger partial charge in [-0.05, 0) is 25.7 Å². The third-order valence-electron chi connectivity index (χ3n) is 2.62. The van der Waals surface area contributed by atoms with Crippen molar-refractivity contribution in [3.63, 3.8) is 0 Å². The molecule has 0 saturated heterocycles. The molecule has 0 aromatic rings. The lowest BCUT2D eigenvalue weighted by Gasteiger charge is -2.14. The predicted molar refractivity (Wildman–Crippen MR) is 67.1 cm³/mol. The number of imide groups is 1. The fourth-order valence-electron chi connectivity index (χ4n) is 1.47. The van der Waals surface area contributed by atoms with Gasteiger partial charge in [-0.3, -0.25) is 14.9 Å². The lowest BCUT2D eigenvalue weighted by molar-refractivity contribution is -0.137. The number of hydrogen-bond acceptors (Lipinski definition) is 3. The summed E-state index contributed by atoms with van der Waals surface area (Å²) in [5.41, 5.74) is 0. The van der Waals surface area contributed by atoms with Crippen LogP contribution in [0.15, 0.2) is 0 Å². The third-order valence-corrected chi connectivity index (χ3v) is 2.62. The maximum atomic E-state index is 11.4. The molecule has 0 aliphatic rings. The highest BCUT2D eigenvalue weighted by Crippen LogP contribution is 2.00. The van der Waals surface area contributed by atoms with Gasteiger partial charge >= 0.3 is 12.0 Å². The van der Waals surface area contributed by atoms with E-state index in [1.165, 1.54) is 0 Å². The highest BCUT2D eigenvalue weighted by molar-refractivity contribution is 5.94. The molecule has 0 heterocycles. The van der Waals surface area contributed by atoms with Crippen molar-refractivity contribution in [3.05, 3.63) is 0 Å². The minimum absolute atomic E-state index is 0.0488. The number of carboxylic acids is 1. The van der Waals surface area contributed by atoms with E-state index in [0.717, 1.165) is 12.8 Å². The lowest BCUT2D eigenvalue weighted by atomic mass is 10.2. The molecule has 0 rings (SSSR count). The van der Waals surface area contributed by atoms with Crippen molar-refractivity contribution in [2.75, 3.05) is 0 Å². The van der Waals surface area contributed by atoms with Gasteiger partial charge in [0.05, 0.1) is 0 Å². The maximum absolute atomic E-state index is 11.4. The van der Waals surface area contributed by atoms with Crippen molar-refractivity contribution in [2.45, 2.75) is 58.4 Å². The number of nitrogens with one attached hydrogen (secondary N) is 2. The van der Waals surface area contributed by atoms with Crippen LogP contribution >= 0.6 is 0 Å². The van der Waals surface area contributed by atoms with Crippen LogP contribution in [-0.4, -0.2) is 29.1 Å². The van der Waals surface area contributed by atoms with E-state index < -0.39 is 12.0 Å². The molecule has 18 heavy (non-hydrogen) atoms. The van der Waals surface area contributed by atoms with E-state index in [2.05, 4.69) is 10.6 Å². The number of amides is 3. The van der Waals surface area contributed by atoms with Crippen molar-refractivity contribution < 1.29 is 19.5 Å².